The third kappa shape index (κ3) is 3.95. The molecule has 0 fully saturated rings. The van der Waals surface area contributed by atoms with Crippen molar-refractivity contribution in [1.82, 2.24) is 29.6 Å². The van der Waals surface area contributed by atoms with Crippen molar-refractivity contribution in [3.05, 3.63) is 94.8 Å². The number of nitrogens with zero attached hydrogens (tertiary/aromatic N) is 5. The third-order valence-electron chi connectivity index (χ3n) is 4.64. The molecule has 0 bridgehead atoms. The number of aryl methyl sites for hydroxylation is 2. The number of halogens is 2. The Kier molecular flexibility index (Phi) is 5.33. The van der Waals surface area contributed by atoms with Gasteiger partial charge in [0.15, 0.2) is 0 Å². The highest BCUT2D eigenvalue weighted by Crippen LogP contribution is 2.21. The summed E-state index contributed by atoms with van der Waals surface area (Å²) in [7, 11) is 1.82. The van der Waals surface area contributed by atoms with Crippen LogP contribution < -0.4 is 5.32 Å². The van der Waals surface area contributed by atoms with Crippen molar-refractivity contribution >= 4 is 17.5 Å². The molecule has 0 saturated carbocycles. The summed E-state index contributed by atoms with van der Waals surface area (Å²) in [4.78, 5) is 21.6. The number of aromatic nitrogens is 5. The molecule has 0 aliphatic carbocycles. The van der Waals surface area contributed by atoms with Crippen molar-refractivity contribution in [3.63, 3.8) is 0 Å². The Balaban J connectivity index is 1.65. The minimum absolute atomic E-state index is 0.0174. The molecule has 0 aliphatic rings. The van der Waals surface area contributed by atoms with Gasteiger partial charge in [-0.2, -0.15) is 0 Å². The summed E-state index contributed by atoms with van der Waals surface area (Å²) in [6.07, 6.45) is 3.41. The van der Waals surface area contributed by atoms with Crippen molar-refractivity contribution in [3.8, 4) is 5.69 Å². The molecule has 2 heterocycles. The smallest absolute Gasteiger partial charge is 0.291 e. The van der Waals surface area contributed by atoms with Crippen LogP contribution in [0.25, 0.3) is 5.69 Å². The third-order valence-corrected chi connectivity index (χ3v) is 4.89. The number of hydrogen-bond acceptors (Lipinski definition) is 4. The molecular formula is C21H18ClFN6O. The van der Waals surface area contributed by atoms with Gasteiger partial charge in [-0.05, 0) is 48.9 Å². The van der Waals surface area contributed by atoms with E-state index in [0.717, 1.165) is 5.69 Å². The molecule has 1 atom stereocenters. The zero-order valence-corrected chi connectivity index (χ0v) is 17.0. The number of nitrogens with one attached hydrogen (secondary N) is 1. The van der Waals surface area contributed by atoms with Crippen LogP contribution in [0.15, 0.2) is 60.9 Å². The summed E-state index contributed by atoms with van der Waals surface area (Å²) in [5.74, 6) is 0.344. The zero-order valence-electron chi connectivity index (χ0n) is 16.3. The largest absolute Gasteiger partial charge is 0.336 e. The summed E-state index contributed by atoms with van der Waals surface area (Å²) >= 11 is 5.94. The van der Waals surface area contributed by atoms with Crippen LogP contribution in [0.4, 0.5) is 4.39 Å². The lowest BCUT2D eigenvalue weighted by molar-refractivity contribution is 0.0930. The molecule has 152 valence electrons. The molecule has 9 heteroatoms. The van der Waals surface area contributed by atoms with E-state index >= 15 is 0 Å². The van der Waals surface area contributed by atoms with Gasteiger partial charge in [-0.3, -0.25) is 4.79 Å². The maximum absolute atomic E-state index is 13.4. The van der Waals surface area contributed by atoms with Crippen molar-refractivity contribution < 1.29 is 9.18 Å². The second-order valence-electron chi connectivity index (χ2n) is 6.73. The van der Waals surface area contributed by atoms with E-state index < -0.39 is 11.9 Å². The van der Waals surface area contributed by atoms with Gasteiger partial charge in [0.1, 0.15) is 23.5 Å². The first-order chi connectivity index (χ1) is 14.4. The highest BCUT2D eigenvalue weighted by Gasteiger charge is 2.24. The SMILES string of the molecule is Cc1nc(C(=O)NC(c2ccc(F)cc2)c2nccn2C)nn1-c1ccc(Cl)cc1. The normalized spacial score (nSPS) is 12.0. The Bertz CT molecular complexity index is 1180. The van der Waals surface area contributed by atoms with E-state index in [1.165, 1.54) is 12.1 Å². The van der Waals surface area contributed by atoms with Gasteiger partial charge in [0.25, 0.3) is 5.91 Å². The second-order valence-corrected chi connectivity index (χ2v) is 7.16. The number of amides is 1. The van der Waals surface area contributed by atoms with Gasteiger partial charge in [-0.25, -0.2) is 19.0 Å². The lowest BCUT2D eigenvalue weighted by Crippen LogP contribution is -2.32. The Hall–Kier alpha value is -3.52. The Morgan fingerprint density at radius 1 is 1.13 bits per heavy atom. The van der Waals surface area contributed by atoms with Crippen molar-refractivity contribution in [2.45, 2.75) is 13.0 Å². The molecular weight excluding hydrogens is 407 g/mol. The van der Waals surface area contributed by atoms with Gasteiger partial charge in [-0.1, -0.05) is 23.7 Å². The van der Waals surface area contributed by atoms with Crippen molar-refractivity contribution in [2.24, 2.45) is 7.05 Å². The lowest BCUT2D eigenvalue weighted by Gasteiger charge is -2.18. The van der Waals surface area contributed by atoms with E-state index in [-0.39, 0.29) is 11.6 Å². The first kappa shape index (κ1) is 19.8. The Morgan fingerprint density at radius 2 is 1.83 bits per heavy atom. The Morgan fingerprint density at radius 3 is 2.47 bits per heavy atom. The summed E-state index contributed by atoms with van der Waals surface area (Å²) < 4.78 is 16.8. The molecule has 4 aromatic rings. The van der Waals surface area contributed by atoms with Gasteiger partial charge >= 0.3 is 0 Å². The maximum atomic E-state index is 13.4. The van der Waals surface area contributed by atoms with Crippen LogP contribution >= 0.6 is 11.6 Å². The van der Waals surface area contributed by atoms with Crippen LogP contribution in [-0.2, 0) is 7.05 Å². The highest BCUT2D eigenvalue weighted by atomic mass is 35.5. The molecule has 7 nitrogen and oxygen atoms in total. The van der Waals surface area contributed by atoms with Gasteiger partial charge in [0.2, 0.25) is 5.82 Å². The molecule has 0 saturated heterocycles. The van der Waals surface area contributed by atoms with Crippen LogP contribution in [0.2, 0.25) is 5.02 Å². The van der Waals surface area contributed by atoms with E-state index in [1.54, 1.807) is 65.0 Å². The quantitative estimate of drug-likeness (QED) is 0.530. The number of hydrogen-bond donors (Lipinski definition) is 1. The van der Waals surface area contributed by atoms with Crippen molar-refractivity contribution in [2.75, 3.05) is 0 Å². The first-order valence-corrected chi connectivity index (χ1v) is 9.53. The topological polar surface area (TPSA) is 77.6 Å². The fraction of sp³-hybridized carbons (Fsp3) is 0.143. The van der Waals surface area contributed by atoms with E-state index in [4.69, 9.17) is 11.6 Å². The van der Waals surface area contributed by atoms with Crippen LogP contribution in [0, 0.1) is 12.7 Å². The van der Waals surface area contributed by atoms with E-state index in [0.29, 0.717) is 22.2 Å². The number of carbonyl (C=O) groups excluding carboxylic acids is 1. The Labute approximate surface area is 177 Å². The minimum Gasteiger partial charge on any atom is -0.336 e. The molecule has 4 rings (SSSR count). The number of imidazole rings is 1. The predicted octanol–water partition coefficient (Wildman–Crippen LogP) is 3.62. The van der Waals surface area contributed by atoms with Gasteiger partial charge in [-0.15, -0.1) is 5.10 Å². The molecule has 2 aromatic heterocycles. The first-order valence-electron chi connectivity index (χ1n) is 9.15. The number of carbonyl (C=O) groups is 1. The fourth-order valence-corrected chi connectivity index (χ4v) is 3.24. The molecule has 1 unspecified atom stereocenters. The van der Waals surface area contributed by atoms with Crippen LogP contribution in [0.3, 0.4) is 0 Å². The standard InChI is InChI=1S/C21H18ClFN6O/c1-13-25-19(27-29(13)17-9-5-15(22)6-10-17)21(30)26-18(20-24-11-12-28(20)2)14-3-7-16(23)8-4-14/h3-12,18H,1-2H3,(H,26,30). The monoisotopic (exact) mass is 424 g/mol. The minimum atomic E-state index is -0.596. The summed E-state index contributed by atoms with van der Waals surface area (Å²) in [6.45, 7) is 1.76. The zero-order chi connectivity index (χ0) is 21.3. The second kappa shape index (κ2) is 8.08. The average molecular weight is 425 g/mol. The average Bonchev–Trinajstić information content (AvgIpc) is 3.33. The molecule has 1 N–H and O–H groups in total. The summed E-state index contributed by atoms with van der Waals surface area (Å²) in [6, 6.07) is 12.4. The van der Waals surface area contributed by atoms with Crippen LogP contribution in [0.1, 0.15) is 33.9 Å². The van der Waals surface area contributed by atoms with Gasteiger partial charge in [0, 0.05) is 24.5 Å². The van der Waals surface area contributed by atoms with E-state index in [1.807, 2.05) is 7.05 Å². The van der Waals surface area contributed by atoms with Crippen molar-refractivity contribution in [1.29, 1.82) is 0 Å². The van der Waals surface area contributed by atoms with Crippen LogP contribution in [-0.4, -0.2) is 30.2 Å². The van der Waals surface area contributed by atoms with E-state index in [2.05, 4.69) is 20.4 Å². The molecule has 30 heavy (non-hydrogen) atoms. The number of benzene rings is 2. The summed E-state index contributed by atoms with van der Waals surface area (Å²) in [5.41, 5.74) is 1.43. The van der Waals surface area contributed by atoms with E-state index in [9.17, 15) is 9.18 Å². The van der Waals surface area contributed by atoms with Gasteiger partial charge in [0.05, 0.1) is 5.69 Å². The molecule has 2 aromatic carbocycles. The summed E-state index contributed by atoms with van der Waals surface area (Å²) in [5, 5.41) is 7.85. The molecule has 0 spiro atoms. The molecule has 1 amide bonds. The molecule has 0 radical (unpaired) electrons. The fourth-order valence-electron chi connectivity index (χ4n) is 3.12. The van der Waals surface area contributed by atoms with Crippen LogP contribution in [0.5, 0.6) is 0 Å². The predicted molar refractivity (Wildman–Crippen MR) is 110 cm³/mol. The maximum Gasteiger partial charge on any atom is 0.291 e. The number of rotatable bonds is 5. The van der Waals surface area contributed by atoms with Gasteiger partial charge < -0.3 is 9.88 Å². The highest BCUT2D eigenvalue weighted by molar-refractivity contribution is 6.30. The lowest BCUT2D eigenvalue weighted by atomic mass is 10.1. The molecule has 0 aliphatic heterocycles.